The third kappa shape index (κ3) is 3.18. The number of aromatic carboxylic acids is 1. The van der Waals surface area contributed by atoms with Crippen LogP contribution in [0.15, 0.2) is 48.7 Å². The fraction of sp³-hybridized carbons (Fsp3) is 0.235. The molecule has 0 unspecified atom stereocenters. The van der Waals surface area contributed by atoms with Gasteiger partial charge < -0.3 is 9.67 Å². The van der Waals surface area contributed by atoms with E-state index in [0.717, 1.165) is 11.3 Å². The fourth-order valence-corrected chi connectivity index (χ4v) is 2.33. The first kappa shape index (κ1) is 14.1. The van der Waals surface area contributed by atoms with Gasteiger partial charge in [-0.25, -0.2) is 4.79 Å². The maximum absolute atomic E-state index is 11.2. The highest BCUT2D eigenvalue weighted by molar-refractivity contribution is 5.89. The molecule has 20 heavy (non-hydrogen) atoms. The van der Waals surface area contributed by atoms with Gasteiger partial charge in [-0.15, -0.1) is 0 Å². The molecule has 1 N–H and O–H groups in total. The lowest BCUT2D eigenvalue weighted by Gasteiger charge is -2.11. The molecule has 3 nitrogen and oxygen atoms in total. The molecule has 2 aromatic rings. The minimum absolute atomic E-state index is 0.182. The Morgan fingerprint density at radius 3 is 2.55 bits per heavy atom. The topological polar surface area (TPSA) is 42.2 Å². The number of carboxylic acids is 1. The maximum Gasteiger partial charge on any atom is 0.337 e. The summed E-state index contributed by atoms with van der Waals surface area (Å²) in [6.45, 7) is 4.70. The normalized spacial score (nSPS) is 11.3. The highest BCUT2D eigenvalue weighted by Gasteiger charge is 2.16. The van der Waals surface area contributed by atoms with Crippen molar-refractivity contribution >= 4 is 12.0 Å². The molecule has 0 fully saturated rings. The molecule has 3 heteroatoms. The Balaban J connectivity index is 2.18. The highest BCUT2D eigenvalue weighted by atomic mass is 16.4. The lowest BCUT2D eigenvalue weighted by Crippen LogP contribution is -2.07. The molecule has 0 saturated carbocycles. The number of nitrogens with zero attached hydrogens (tertiary/aromatic N) is 1. The van der Waals surface area contributed by atoms with Crippen LogP contribution < -0.4 is 0 Å². The number of rotatable bonds is 5. The second-order valence-electron chi connectivity index (χ2n) is 5.04. The summed E-state index contributed by atoms with van der Waals surface area (Å²) >= 11 is 0. The third-order valence-corrected chi connectivity index (χ3v) is 3.20. The van der Waals surface area contributed by atoms with E-state index in [2.05, 4.69) is 0 Å². The average Bonchev–Trinajstić information content (AvgIpc) is 2.84. The summed E-state index contributed by atoms with van der Waals surface area (Å²) < 4.78 is 1.99. The standard InChI is InChI=1S/C17H19NO2/c1-13(2)16-15(17(19)20)10-12-18(16)11-6-9-14-7-4-3-5-8-14/h3-10,12-13H,11H2,1-2H3,(H,19,20). The van der Waals surface area contributed by atoms with Crippen molar-refractivity contribution in [1.82, 2.24) is 4.57 Å². The van der Waals surface area contributed by atoms with E-state index >= 15 is 0 Å². The van der Waals surface area contributed by atoms with E-state index in [-0.39, 0.29) is 5.92 Å². The second kappa shape index (κ2) is 6.24. The number of carbonyl (C=O) groups is 1. The highest BCUT2D eigenvalue weighted by Crippen LogP contribution is 2.21. The van der Waals surface area contributed by atoms with Gasteiger partial charge in [0.2, 0.25) is 0 Å². The zero-order valence-corrected chi connectivity index (χ0v) is 11.8. The van der Waals surface area contributed by atoms with Gasteiger partial charge in [0.1, 0.15) is 0 Å². The van der Waals surface area contributed by atoms with Crippen molar-refractivity contribution in [2.45, 2.75) is 26.3 Å². The van der Waals surface area contributed by atoms with Crippen molar-refractivity contribution in [2.75, 3.05) is 0 Å². The Labute approximate surface area is 119 Å². The van der Waals surface area contributed by atoms with Crippen molar-refractivity contribution in [3.8, 4) is 0 Å². The van der Waals surface area contributed by atoms with Crippen LogP contribution in [0.3, 0.4) is 0 Å². The first-order valence-electron chi connectivity index (χ1n) is 6.73. The molecule has 1 heterocycles. The molecular weight excluding hydrogens is 250 g/mol. The summed E-state index contributed by atoms with van der Waals surface area (Å²) in [7, 11) is 0. The lowest BCUT2D eigenvalue weighted by atomic mass is 10.1. The van der Waals surface area contributed by atoms with Gasteiger partial charge in [-0.2, -0.15) is 0 Å². The van der Waals surface area contributed by atoms with Crippen LogP contribution in [-0.4, -0.2) is 15.6 Å². The minimum atomic E-state index is -0.862. The van der Waals surface area contributed by atoms with Gasteiger partial charge >= 0.3 is 5.97 Å². The van der Waals surface area contributed by atoms with Gasteiger partial charge in [0.25, 0.3) is 0 Å². The third-order valence-electron chi connectivity index (χ3n) is 3.20. The van der Waals surface area contributed by atoms with Crippen LogP contribution in [0.2, 0.25) is 0 Å². The molecule has 0 spiro atoms. The summed E-state index contributed by atoms with van der Waals surface area (Å²) in [5.41, 5.74) is 2.41. The minimum Gasteiger partial charge on any atom is -0.478 e. The number of hydrogen-bond acceptors (Lipinski definition) is 1. The fourth-order valence-electron chi connectivity index (χ4n) is 2.33. The summed E-state index contributed by atoms with van der Waals surface area (Å²) in [4.78, 5) is 11.2. The molecule has 0 atom stereocenters. The van der Waals surface area contributed by atoms with Crippen molar-refractivity contribution in [2.24, 2.45) is 0 Å². The molecule has 0 saturated heterocycles. The molecule has 1 aromatic carbocycles. The van der Waals surface area contributed by atoms with E-state index in [9.17, 15) is 9.90 Å². The Morgan fingerprint density at radius 1 is 1.25 bits per heavy atom. The van der Waals surface area contributed by atoms with Crippen LogP contribution in [0.4, 0.5) is 0 Å². The van der Waals surface area contributed by atoms with Crippen molar-refractivity contribution < 1.29 is 9.90 Å². The predicted molar refractivity (Wildman–Crippen MR) is 81.0 cm³/mol. The molecular formula is C17H19NO2. The van der Waals surface area contributed by atoms with Crippen molar-refractivity contribution in [3.05, 3.63) is 65.5 Å². The molecule has 104 valence electrons. The lowest BCUT2D eigenvalue weighted by molar-refractivity contribution is 0.0695. The maximum atomic E-state index is 11.2. The van der Waals surface area contributed by atoms with E-state index in [4.69, 9.17) is 0 Å². The SMILES string of the molecule is CC(C)c1c(C(=O)O)ccn1CC=Cc1ccccc1. The summed E-state index contributed by atoms with van der Waals surface area (Å²) in [5.74, 6) is -0.680. The Morgan fingerprint density at radius 2 is 1.95 bits per heavy atom. The van der Waals surface area contributed by atoms with E-state index in [1.54, 1.807) is 6.07 Å². The number of carboxylic acid groups (broad SMARTS) is 1. The largest absolute Gasteiger partial charge is 0.478 e. The van der Waals surface area contributed by atoms with Gasteiger partial charge in [-0.1, -0.05) is 56.3 Å². The van der Waals surface area contributed by atoms with E-state index in [1.807, 2.05) is 67.1 Å². The van der Waals surface area contributed by atoms with Gasteiger partial charge in [0, 0.05) is 18.4 Å². The predicted octanol–water partition coefficient (Wildman–Crippen LogP) is 4.02. The Hall–Kier alpha value is -2.29. The second-order valence-corrected chi connectivity index (χ2v) is 5.04. The average molecular weight is 269 g/mol. The molecule has 0 aliphatic rings. The van der Waals surface area contributed by atoms with Crippen LogP contribution >= 0.6 is 0 Å². The first-order chi connectivity index (χ1) is 9.59. The summed E-state index contributed by atoms with van der Waals surface area (Å²) in [6.07, 6.45) is 5.94. The van der Waals surface area contributed by atoms with Crippen molar-refractivity contribution in [3.63, 3.8) is 0 Å². The smallest absolute Gasteiger partial charge is 0.337 e. The molecule has 0 aliphatic heterocycles. The summed E-state index contributed by atoms with van der Waals surface area (Å²) in [6, 6.07) is 11.7. The molecule has 0 amide bonds. The Kier molecular flexibility index (Phi) is 4.41. The number of aromatic nitrogens is 1. The van der Waals surface area contributed by atoms with Gasteiger partial charge in [0.15, 0.2) is 0 Å². The number of allylic oxidation sites excluding steroid dienone is 1. The van der Waals surface area contributed by atoms with E-state index in [0.29, 0.717) is 12.1 Å². The van der Waals surface area contributed by atoms with E-state index < -0.39 is 5.97 Å². The molecule has 1 aromatic heterocycles. The molecule has 2 rings (SSSR count). The quantitative estimate of drug-likeness (QED) is 0.890. The molecule has 0 radical (unpaired) electrons. The van der Waals surface area contributed by atoms with E-state index in [1.165, 1.54) is 0 Å². The number of hydrogen-bond donors (Lipinski definition) is 1. The number of benzene rings is 1. The van der Waals surface area contributed by atoms with Crippen LogP contribution in [0.5, 0.6) is 0 Å². The first-order valence-corrected chi connectivity index (χ1v) is 6.73. The van der Waals surface area contributed by atoms with Gasteiger partial charge in [-0.05, 0) is 17.5 Å². The van der Waals surface area contributed by atoms with Crippen LogP contribution in [0.1, 0.15) is 41.4 Å². The molecule has 0 bridgehead atoms. The Bertz CT molecular complexity index is 609. The van der Waals surface area contributed by atoms with Crippen LogP contribution in [0.25, 0.3) is 6.08 Å². The zero-order valence-electron chi connectivity index (χ0n) is 11.8. The summed E-state index contributed by atoms with van der Waals surface area (Å²) in [5, 5.41) is 9.20. The monoisotopic (exact) mass is 269 g/mol. The van der Waals surface area contributed by atoms with Gasteiger partial charge in [0.05, 0.1) is 5.56 Å². The van der Waals surface area contributed by atoms with Gasteiger partial charge in [-0.3, -0.25) is 0 Å². The van der Waals surface area contributed by atoms with Crippen molar-refractivity contribution in [1.29, 1.82) is 0 Å². The van der Waals surface area contributed by atoms with Crippen LogP contribution in [-0.2, 0) is 6.54 Å². The zero-order chi connectivity index (χ0) is 14.5. The van der Waals surface area contributed by atoms with Crippen LogP contribution in [0, 0.1) is 0 Å². The molecule has 0 aliphatic carbocycles.